The molecule has 2 aromatic heterocycles. The average Bonchev–Trinajstić information content (AvgIpc) is 3.67. The van der Waals surface area contributed by atoms with Crippen molar-refractivity contribution in [1.29, 1.82) is 0 Å². The predicted octanol–water partition coefficient (Wildman–Crippen LogP) is 7.63. The lowest BCUT2D eigenvalue weighted by atomic mass is 10.00. The number of carbonyl (C=O) groups is 4. The molecular weight excluding hydrogens is 909 g/mol. The van der Waals surface area contributed by atoms with E-state index >= 15 is 0 Å². The van der Waals surface area contributed by atoms with Crippen molar-refractivity contribution >= 4 is 66.9 Å². The van der Waals surface area contributed by atoms with Crippen LogP contribution in [0.3, 0.4) is 0 Å². The Morgan fingerprint density at radius 2 is 1.76 bits per heavy atom. The van der Waals surface area contributed by atoms with Gasteiger partial charge in [-0.15, -0.1) is 11.3 Å². The van der Waals surface area contributed by atoms with E-state index in [1.165, 1.54) is 22.3 Å². The van der Waals surface area contributed by atoms with E-state index in [2.05, 4.69) is 32.8 Å². The first kappa shape index (κ1) is 51.4. The summed E-state index contributed by atoms with van der Waals surface area (Å²) < 4.78 is 44.6. The summed E-state index contributed by atoms with van der Waals surface area (Å²) in [6, 6.07) is 12.9. The number of anilines is 2. The minimum Gasteiger partial charge on any atom is -0.497 e. The highest BCUT2D eigenvalue weighted by molar-refractivity contribution is 7.90. The van der Waals surface area contributed by atoms with Crippen molar-refractivity contribution in [3.8, 4) is 22.9 Å². The molecule has 2 aromatic carbocycles. The molecule has 0 bridgehead atoms. The Morgan fingerprint density at radius 3 is 2.47 bits per heavy atom. The molecule has 17 nitrogen and oxygen atoms in total. The van der Waals surface area contributed by atoms with E-state index in [0.717, 1.165) is 49.2 Å². The zero-order valence-corrected chi connectivity index (χ0v) is 41.8. The third kappa shape index (κ3) is 14.1. The van der Waals surface area contributed by atoms with Crippen LogP contribution < -0.4 is 35.9 Å². The molecule has 4 aromatic rings. The molecule has 5 atom stereocenters. The average molecular weight is 975 g/mol. The van der Waals surface area contributed by atoms with Crippen molar-refractivity contribution in [2.45, 2.75) is 128 Å². The number of thiazole rings is 1. The maximum atomic E-state index is 13.6. The molecule has 7 rings (SSSR count). The Hall–Kier alpha value is -5.95. The monoisotopic (exact) mass is 974 g/mol. The molecule has 4 heterocycles. The SMILES string of the molecule is COc1ccc2c(O[C@@H]3C[C@@H](C(N)=O)N(C(=O)C[C@@H](NC(=O)OC(C)(C)C)C(C)C)C3)cc(-c3csc(NC(C)C)n3)nc2c1.O=C1NS(=O)(=O)c2ccccc2NCCCCC/C=C\[C@@H]2C[C@H]12. The highest BCUT2D eigenvalue weighted by atomic mass is 32.2. The fourth-order valence-electron chi connectivity index (χ4n) is 7.96. The van der Waals surface area contributed by atoms with Crippen LogP contribution in [0.2, 0.25) is 0 Å². The first-order valence-corrected chi connectivity index (χ1v) is 25.6. The highest BCUT2D eigenvalue weighted by Gasteiger charge is 2.43. The number of likely N-dealkylation sites (tertiary alicyclic amines) is 1. The van der Waals surface area contributed by atoms with Crippen LogP contribution in [0.15, 0.2) is 71.0 Å². The van der Waals surface area contributed by atoms with E-state index in [1.54, 1.807) is 46.1 Å². The van der Waals surface area contributed by atoms with Gasteiger partial charge >= 0.3 is 6.09 Å². The number of ether oxygens (including phenoxy) is 3. The number of aromatic nitrogens is 2. The second-order valence-corrected chi connectivity index (χ2v) is 21.6. The van der Waals surface area contributed by atoms with Crippen molar-refractivity contribution in [2.24, 2.45) is 23.5 Å². The van der Waals surface area contributed by atoms with Gasteiger partial charge < -0.3 is 40.8 Å². The summed E-state index contributed by atoms with van der Waals surface area (Å²) >= 11 is 1.49. The maximum absolute atomic E-state index is 13.6. The van der Waals surface area contributed by atoms with Gasteiger partial charge in [0, 0.05) is 60.3 Å². The Kier molecular flexibility index (Phi) is 17.0. The summed E-state index contributed by atoms with van der Waals surface area (Å²) in [6.45, 7) is 14.1. The zero-order chi connectivity index (χ0) is 49.3. The minimum absolute atomic E-state index is 0.0217. The second kappa shape index (κ2) is 22.4. The van der Waals surface area contributed by atoms with E-state index in [-0.39, 0.29) is 54.0 Å². The van der Waals surface area contributed by atoms with Crippen molar-refractivity contribution in [3.05, 3.63) is 66.1 Å². The van der Waals surface area contributed by atoms with Gasteiger partial charge in [-0.25, -0.2) is 27.9 Å². The number of primary amides is 1. The summed E-state index contributed by atoms with van der Waals surface area (Å²) in [6.07, 6.45) is 8.20. The molecule has 2 fully saturated rings. The molecule has 6 N–H and O–H groups in total. The molecule has 19 heteroatoms. The predicted molar refractivity (Wildman–Crippen MR) is 264 cm³/mol. The van der Waals surface area contributed by atoms with E-state index in [1.807, 2.05) is 57.3 Å². The van der Waals surface area contributed by atoms with Crippen molar-refractivity contribution in [1.82, 2.24) is 24.9 Å². The third-order valence-electron chi connectivity index (χ3n) is 11.6. The second-order valence-electron chi connectivity index (χ2n) is 19.0. The number of nitrogens with one attached hydrogen (secondary N) is 4. The number of para-hydroxylation sites is 1. The number of carbonyl (C=O) groups excluding carboxylic acids is 4. The Labute approximate surface area is 403 Å². The Balaban J connectivity index is 0.000000276. The van der Waals surface area contributed by atoms with Gasteiger partial charge in [0.2, 0.25) is 17.7 Å². The third-order valence-corrected chi connectivity index (χ3v) is 13.8. The van der Waals surface area contributed by atoms with Crippen LogP contribution in [0.25, 0.3) is 22.3 Å². The number of allylic oxidation sites excluding steroid dienone is 2. The molecule has 3 aliphatic rings. The summed E-state index contributed by atoms with van der Waals surface area (Å²) in [4.78, 5) is 61.8. The molecule has 1 aliphatic carbocycles. The number of amides is 4. The molecule has 4 amide bonds. The number of benzene rings is 2. The number of nitrogens with two attached hydrogens (primary N) is 1. The van der Waals surface area contributed by atoms with Crippen LogP contribution in [0.5, 0.6) is 11.5 Å². The fraction of sp³-hybridized carbons (Fsp3) is 0.510. The number of hydrogen-bond donors (Lipinski definition) is 5. The fourth-order valence-corrected chi connectivity index (χ4v) is 10.0. The van der Waals surface area contributed by atoms with Crippen LogP contribution in [-0.2, 0) is 29.1 Å². The molecule has 68 heavy (non-hydrogen) atoms. The van der Waals surface area contributed by atoms with E-state index in [4.69, 9.17) is 29.9 Å². The standard InChI is InChI=1S/C32H44N6O6S.C17H22N2O3S/c1-17(2)22(37-31(41)44-32(5,6)7)14-28(39)38-15-20(12-26(38)29(33)40)43-27-13-24(25-16-45-30(36-25)34-18(3)4)35-23-11-19(42-8)9-10-21(23)27;20-17-14-12-13(14)8-4-2-1-3-7-11-18-15-9-5-6-10-16(15)23(21,22)19-17/h9-11,13,16-18,20,22,26H,12,14-15H2,1-8H3,(H2,33,40)(H,34,36)(H,37,41);4-6,8-10,13-14,18H,1-3,7,11-12H2,(H,19,20)/b;8-4-/t20-,22-,26+;13-,14+/m11/s1. The van der Waals surface area contributed by atoms with Crippen LogP contribution in [-0.4, -0.2) is 97.1 Å². The van der Waals surface area contributed by atoms with Gasteiger partial charge in [0.05, 0.1) is 30.6 Å². The summed E-state index contributed by atoms with van der Waals surface area (Å²) in [5.41, 5.74) is 7.59. The summed E-state index contributed by atoms with van der Waals surface area (Å²) in [7, 11) is -2.25. The largest absolute Gasteiger partial charge is 0.497 e. The first-order chi connectivity index (χ1) is 32.2. The summed E-state index contributed by atoms with van der Waals surface area (Å²) in [5, 5.41) is 12.7. The van der Waals surface area contributed by atoms with Crippen LogP contribution >= 0.6 is 11.3 Å². The Morgan fingerprint density at radius 1 is 1.00 bits per heavy atom. The van der Waals surface area contributed by atoms with Crippen LogP contribution in [0, 0.1) is 17.8 Å². The lowest BCUT2D eigenvalue weighted by Gasteiger charge is -2.28. The van der Waals surface area contributed by atoms with Gasteiger partial charge in [0.1, 0.15) is 39.8 Å². The number of alkyl carbamates (subject to hydrolysis) is 1. The molecule has 1 saturated carbocycles. The first-order valence-electron chi connectivity index (χ1n) is 23.2. The normalized spacial score (nSPS) is 21.3. The van der Waals surface area contributed by atoms with Crippen LogP contribution in [0.4, 0.5) is 15.6 Å². The molecule has 0 spiro atoms. The highest BCUT2D eigenvalue weighted by Crippen LogP contribution is 2.40. The number of hydrogen-bond acceptors (Lipinski definition) is 14. The number of methoxy groups -OCH3 is 1. The van der Waals surface area contributed by atoms with E-state index in [9.17, 15) is 27.6 Å². The molecule has 368 valence electrons. The van der Waals surface area contributed by atoms with Gasteiger partial charge in [-0.2, -0.15) is 0 Å². The maximum Gasteiger partial charge on any atom is 0.407 e. The number of rotatable bonds is 11. The topological polar surface area (TPSA) is 233 Å². The molecular formula is C49H66N8O9S2. The van der Waals surface area contributed by atoms with Gasteiger partial charge in [0.25, 0.3) is 10.0 Å². The zero-order valence-electron chi connectivity index (χ0n) is 40.2. The molecule has 1 saturated heterocycles. The lowest BCUT2D eigenvalue weighted by molar-refractivity contribution is -0.138. The van der Waals surface area contributed by atoms with Gasteiger partial charge in [0.15, 0.2) is 5.13 Å². The molecule has 0 radical (unpaired) electrons. The number of fused-ring (bicyclic) bond motifs is 3. The number of nitrogens with zero attached hydrogens (tertiary/aromatic N) is 3. The van der Waals surface area contributed by atoms with E-state index in [0.29, 0.717) is 34.1 Å². The van der Waals surface area contributed by atoms with Crippen molar-refractivity contribution < 1.29 is 41.8 Å². The minimum atomic E-state index is -3.84. The lowest BCUT2D eigenvalue weighted by Crippen LogP contribution is -2.48. The van der Waals surface area contributed by atoms with Crippen molar-refractivity contribution in [3.63, 3.8) is 0 Å². The summed E-state index contributed by atoms with van der Waals surface area (Å²) in [5.74, 6) is -0.239. The Bertz CT molecular complexity index is 2580. The number of sulfonamides is 1. The van der Waals surface area contributed by atoms with Gasteiger partial charge in [-0.05, 0) is 96.4 Å². The van der Waals surface area contributed by atoms with Crippen LogP contribution in [0.1, 0.15) is 93.4 Å². The van der Waals surface area contributed by atoms with Gasteiger partial charge in [-0.3, -0.25) is 14.4 Å². The number of pyridine rings is 1. The van der Waals surface area contributed by atoms with E-state index < -0.39 is 51.7 Å². The molecule has 2 aliphatic heterocycles. The quantitative estimate of drug-likeness (QED) is 0.0911. The van der Waals surface area contributed by atoms with Gasteiger partial charge in [-0.1, -0.05) is 44.6 Å². The van der Waals surface area contributed by atoms with Crippen molar-refractivity contribution in [2.75, 3.05) is 30.8 Å². The molecule has 0 unspecified atom stereocenters. The smallest absolute Gasteiger partial charge is 0.407 e.